The molecule has 1 saturated carbocycles. The Kier molecular flexibility index (Phi) is 2.62. The zero-order valence-corrected chi connectivity index (χ0v) is 11.6. The number of anilines is 3. The SMILES string of the molecule is CC1Cc2ccccc2N1c1cc(NC2CC2)ncn1. The van der Waals surface area contributed by atoms with Crippen molar-refractivity contribution in [1.29, 1.82) is 0 Å². The maximum atomic E-state index is 4.47. The highest BCUT2D eigenvalue weighted by Crippen LogP contribution is 2.37. The quantitative estimate of drug-likeness (QED) is 0.926. The van der Waals surface area contributed by atoms with E-state index in [1.165, 1.54) is 24.1 Å². The Labute approximate surface area is 118 Å². The number of para-hydroxylation sites is 1. The Morgan fingerprint density at radius 2 is 2.05 bits per heavy atom. The topological polar surface area (TPSA) is 41.0 Å². The van der Waals surface area contributed by atoms with Crippen LogP contribution in [-0.4, -0.2) is 22.1 Å². The van der Waals surface area contributed by atoms with Crippen LogP contribution in [0, 0.1) is 0 Å². The molecule has 0 saturated heterocycles. The molecule has 1 aromatic heterocycles. The molecule has 20 heavy (non-hydrogen) atoms. The number of nitrogens with zero attached hydrogens (tertiary/aromatic N) is 3. The van der Waals surface area contributed by atoms with E-state index >= 15 is 0 Å². The Balaban J connectivity index is 1.69. The van der Waals surface area contributed by atoms with Gasteiger partial charge in [-0.3, -0.25) is 0 Å². The predicted octanol–water partition coefficient (Wildman–Crippen LogP) is 3.13. The van der Waals surface area contributed by atoms with Crippen LogP contribution >= 0.6 is 0 Å². The lowest BCUT2D eigenvalue weighted by Crippen LogP contribution is -2.25. The number of fused-ring (bicyclic) bond motifs is 1. The number of rotatable bonds is 3. The van der Waals surface area contributed by atoms with E-state index in [-0.39, 0.29) is 0 Å². The first-order valence-corrected chi connectivity index (χ1v) is 7.27. The van der Waals surface area contributed by atoms with Crippen molar-refractivity contribution >= 4 is 17.3 Å². The van der Waals surface area contributed by atoms with Crippen molar-refractivity contribution in [2.45, 2.75) is 38.3 Å². The lowest BCUT2D eigenvalue weighted by atomic mass is 10.1. The third-order valence-corrected chi connectivity index (χ3v) is 4.04. The van der Waals surface area contributed by atoms with Crippen molar-refractivity contribution in [2.75, 3.05) is 10.2 Å². The van der Waals surface area contributed by atoms with Crippen LogP contribution < -0.4 is 10.2 Å². The summed E-state index contributed by atoms with van der Waals surface area (Å²) in [5.74, 6) is 1.93. The summed E-state index contributed by atoms with van der Waals surface area (Å²) in [7, 11) is 0. The molecule has 1 aliphatic heterocycles. The fourth-order valence-corrected chi connectivity index (χ4v) is 2.91. The highest BCUT2D eigenvalue weighted by molar-refractivity contribution is 5.70. The molecule has 1 N–H and O–H groups in total. The lowest BCUT2D eigenvalue weighted by molar-refractivity contribution is 0.749. The minimum absolute atomic E-state index is 0.441. The molecule has 1 fully saturated rings. The van der Waals surface area contributed by atoms with E-state index in [9.17, 15) is 0 Å². The summed E-state index contributed by atoms with van der Waals surface area (Å²) in [5.41, 5.74) is 2.67. The van der Waals surface area contributed by atoms with Crippen LogP contribution in [0.1, 0.15) is 25.3 Å². The molecular weight excluding hydrogens is 248 g/mol. The van der Waals surface area contributed by atoms with Crippen molar-refractivity contribution < 1.29 is 0 Å². The summed E-state index contributed by atoms with van der Waals surface area (Å²) in [6.45, 7) is 2.25. The monoisotopic (exact) mass is 266 g/mol. The van der Waals surface area contributed by atoms with Gasteiger partial charge in [-0.1, -0.05) is 18.2 Å². The van der Waals surface area contributed by atoms with Crippen LogP contribution in [-0.2, 0) is 6.42 Å². The molecule has 2 aliphatic rings. The molecule has 0 amide bonds. The van der Waals surface area contributed by atoms with Gasteiger partial charge in [0.1, 0.15) is 18.0 Å². The van der Waals surface area contributed by atoms with E-state index in [1.54, 1.807) is 6.33 Å². The van der Waals surface area contributed by atoms with Gasteiger partial charge in [0.2, 0.25) is 0 Å². The van der Waals surface area contributed by atoms with E-state index in [0.717, 1.165) is 18.1 Å². The minimum atomic E-state index is 0.441. The molecule has 1 atom stereocenters. The maximum Gasteiger partial charge on any atom is 0.138 e. The summed E-state index contributed by atoms with van der Waals surface area (Å²) in [4.78, 5) is 11.1. The van der Waals surface area contributed by atoms with Crippen molar-refractivity contribution in [1.82, 2.24) is 9.97 Å². The largest absolute Gasteiger partial charge is 0.367 e. The van der Waals surface area contributed by atoms with Crippen LogP contribution in [0.25, 0.3) is 0 Å². The molecule has 1 aliphatic carbocycles. The summed E-state index contributed by atoms with van der Waals surface area (Å²) >= 11 is 0. The van der Waals surface area contributed by atoms with Crippen LogP contribution in [0.4, 0.5) is 17.3 Å². The zero-order valence-electron chi connectivity index (χ0n) is 11.6. The zero-order chi connectivity index (χ0) is 13.5. The summed E-state index contributed by atoms with van der Waals surface area (Å²) in [6.07, 6.45) is 5.24. The molecule has 4 heteroatoms. The third-order valence-electron chi connectivity index (χ3n) is 4.04. The molecule has 4 nitrogen and oxygen atoms in total. The molecule has 0 spiro atoms. The average Bonchev–Trinajstić information content (AvgIpc) is 3.19. The van der Waals surface area contributed by atoms with Crippen molar-refractivity contribution in [3.05, 3.63) is 42.2 Å². The van der Waals surface area contributed by atoms with Crippen LogP contribution in [0.3, 0.4) is 0 Å². The number of nitrogens with one attached hydrogen (secondary N) is 1. The van der Waals surface area contributed by atoms with Gasteiger partial charge in [0, 0.05) is 23.8 Å². The Morgan fingerprint density at radius 1 is 1.20 bits per heavy atom. The van der Waals surface area contributed by atoms with Gasteiger partial charge in [-0.25, -0.2) is 9.97 Å². The lowest BCUT2D eigenvalue weighted by Gasteiger charge is -2.24. The second kappa shape index (κ2) is 4.47. The highest BCUT2D eigenvalue weighted by atomic mass is 15.2. The van der Waals surface area contributed by atoms with Gasteiger partial charge in [0.05, 0.1) is 0 Å². The smallest absolute Gasteiger partial charge is 0.138 e. The molecule has 102 valence electrons. The first-order valence-electron chi connectivity index (χ1n) is 7.27. The van der Waals surface area contributed by atoms with Gasteiger partial charge in [-0.05, 0) is 37.8 Å². The predicted molar refractivity (Wildman–Crippen MR) is 80.4 cm³/mol. The first-order chi connectivity index (χ1) is 9.81. The van der Waals surface area contributed by atoms with E-state index in [0.29, 0.717) is 12.1 Å². The second-order valence-electron chi connectivity index (χ2n) is 5.73. The van der Waals surface area contributed by atoms with Crippen molar-refractivity contribution in [3.63, 3.8) is 0 Å². The number of benzene rings is 1. The van der Waals surface area contributed by atoms with Crippen molar-refractivity contribution in [2.24, 2.45) is 0 Å². The number of aromatic nitrogens is 2. The molecule has 2 aromatic rings. The van der Waals surface area contributed by atoms with Crippen molar-refractivity contribution in [3.8, 4) is 0 Å². The standard InChI is InChI=1S/C16H18N4/c1-11-8-12-4-2-3-5-14(12)20(11)16-9-15(17-10-18-16)19-13-6-7-13/h2-5,9-11,13H,6-8H2,1H3,(H,17,18,19). The first kappa shape index (κ1) is 11.7. The Morgan fingerprint density at radius 3 is 2.90 bits per heavy atom. The van der Waals surface area contributed by atoms with Gasteiger partial charge < -0.3 is 10.2 Å². The average molecular weight is 266 g/mol. The molecule has 4 rings (SSSR count). The highest BCUT2D eigenvalue weighted by Gasteiger charge is 2.28. The summed E-state index contributed by atoms with van der Waals surface area (Å²) in [6, 6.07) is 11.7. The van der Waals surface area contributed by atoms with Crippen LogP contribution in [0.15, 0.2) is 36.7 Å². The summed E-state index contributed by atoms with van der Waals surface area (Å²) in [5, 5.41) is 3.44. The van der Waals surface area contributed by atoms with Gasteiger partial charge in [-0.2, -0.15) is 0 Å². The molecular formula is C16H18N4. The molecule has 2 heterocycles. The normalized spacial score (nSPS) is 20.9. The van der Waals surface area contributed by atoms with Crippen LogP contribution in [0.2, 0.25) is 0 Å². The molecule has 1 unspecified atom stereocenters. The maximum absolute atomic E-state index is 4.47. The molecule has 0 bridgehead atoms. The molecule has 1 aromatic carbocycles. The third kappa shape index (κ3) is 2.01. The number of hydrogen-bond acceptors (Lipinski definition) is 4. The second-order valence-corrected chi connectivity index (χ2v) is 5.73. The van der Waals surface area contributed by atoms with Gasteiger partial charge in [0.15, 0.2) is 0 Å². The van der Waals surface area contributed by atoms with Gasteiger partial charge in [-0.15, -0.1) is 0 Å². The minimum Gasteiger partial charge on any atom is -0.367 e. The Bertz CT molecular complexity index is 636. The van der Waals surface area contributed by atoms with E-state index in [1.807, 2.05) is 0 Å². The van der Waals surface area contributed by atoms with E-state index in [4.69, 9.17) is 0 Å². The fraction of sp³-hybridized carbons (Fsp3) is 0.375. The Hall–Kier alpha value is -2.10. The van der Waals surface area contributed by atoms with Crippen LogP contribution in [0.5, 0.6) is 0 Å². The summed E-state index contributed by atoms with van der Waals surface area (Å²) < 4.78 is 0. The van der Waals surface area contributed by atoms with Gasteiger partial charge >= 0.3 is 0 Å². The van der Waals surface area contributed by atoms with E-state index < -0.39 is 0 Å². The molecule has 0 radical (unpaired) electrons. The number of hydrogen-bond donors (Lipinski definition) is 1. The van der Waals surface area contributed by atoms with E-state index in [2.05, 4.69) is 57.4 Å². The van der Waals surface area contributed by atoms with Gasteiger partial charge in [0.25, 0.3) is 0 Å². The fourth-order valence-electron chi connectivity index (χ4n) is 2.91.